The van der Waals surface area contributed by atoms with Gasteiger partial charge in [0.2, 0.25) is 0 Å². The molecule has 1 aliphatic rings. The Morgan fingerprint density at radius 3 is 2.56 bits per heavy atom. The Kier molecular flexibility index (Phi) is 6.36. The normalized spacial score (nSPS) is 13.4. The van der Waals surface area contributed by atoms with Gasteiger partial charge in [-0.3, -0.25) is 4.79 Å². The summed E-state index contributed by atoms with van der Waals surface area (Å²) in [5, 5.41) is 13.0. The molecule has 0 unspecified atom stereocenters. The maximum absolute atomic E-state index is 13.3. The number of rotatable bonds is 6. The number of benzene rings is 3. The standard InChI is InChI=1S/C29H24N2O5/c1-35-25-9-5-4-8-24(25)30-26(33)17-36-29(34)27-21-6-2-3-7-23(21)31-28-19(12-15-22(27)28)16-18-10-13-20(32)14-11-18/h2-11,13-14,16,32H,12,15,17H2,1H3,(H,30,33)/b19-16-. The first-order valence-electron chi connectivity index (χ1n) is 11.5. The highest BCUT2D eigenvalue weighted by Gasteiger charge is 2.28. The van der Waals surface area contributed by atoms with Gasteiger partial charge < -0.3 is 19.9 Å². The lowest BCUT2D eigenvalue weighted by Gasteiger charge is -2.13. The first kappa shape index (κ1) is 23.1. The van der Waals surface area contributed by atoms with Crippen molar-refractivity contribution in [3.63, 3.8) is 0 Å². The van der Waals surface area contributed by atoms with Crippen LogP contribution in [0.15, 0.2) is 72.8 Å². The molecule has 1 heterocycles. The summed E-state index contributed by atoms with van der Waals surface area (Å²) in [6.07, 6.45) is 3.37. The van der Waals surface area contributed by atoms with Crippen molar-refractivity contribution >= 4 is 40.1 Å². The summed E-state index contributed by atoms with van der Waals surface area (Å²) in [5.74, 6) is -0.308. The number of fused-ring (bicyclic) bond motifs is 2. The second kappa shape index (κ2) is 9.92. The summed E-state index contributed by atoms with van der Waals surface area (Å²) in [5.41, 5.74) is 5.13. The molecule has 0 saturated heterocycles. The summed E-state index contributed by atoms with van der Waals surface area (Å²) >= 11 is 0. The summed E-state index contributed by atoms with van der Waals surface area (Å²) in [6.45, 7) is -0.432. The average Bonchev–Trinajstić information content (AvgIpc) is 3.29. The number of carbonyl (C=O) groups is 2. The summed E-state index contributed by atoms with van der Waals surface area (Å²) in [6, 6.07) is 21.4. The van der Waals surface area contributed by atoms with Crippen molar-refractivity contribution in [1.82, 2.24) is 4.98 Å². The number of nitrogens with one attached hydrogen (secondary N) is 1. The molecule has 0 fully saturated rings. The second-order valence-electron chi connectivity index (χ2n) is 8.42. The molecule has 0 saturated carbocycles. The van der Waals surface area contributed by atoms with E-state index in [9.17, 15) is 14.7 Å². The Morgan fingerprint density at radius 1 is 1.00 bits per heavy atom. The van der Waals surface area contributed by atoms with Crippen molar-refractivity contribution in [2.24, 2.45) is 0 Å². The number of carbonyl (C=O) groups excluding carboxylic acids is 2. The SMILES string of the molecule is COc1ccccc1NC(=O)COC(=O)c1c2c(nc3ccccc13)/C(=C\c1ccc(O)cc1)CC2. The Bertz CT molecular complexity index is 1490. The third-order valence-corrected chi connectivity index (χ3v) is 6.10. The zero-order valence-electron chi connectivity index (χ0n) is 19.7. The number of esters is 1. The highest BCUT2D eigenvalue weighted by Crippen LogP contribution is 2.38. The van der Waals surface area contributed by atoms with E-state index in [4.69, 9.17) is 14.5 Å². The molecule has 7 heteroatoms. The largest absolute Gasteiger partial charge is 0.508 e. The molecule has 180 valence electrons. The molecule has 5 rings (SSSR count). The summed E-state index contributed by atoms with van der Waals surface area (Å²) in [7, 11) is 1.52. The fraction of sp³-hybridized carbons (Fsp3) is 0.138. The number of hydrogen-bond donors (Lipinski definition) is 2. The number of aromatic hydroxyl groups is 1. The molecule has 3 aromatic carbocycles. The van der Waals surface area contributed by atoms with Crippen LogP contribution in [0.2, 0.25) is 0 Å². The minimum Gasteiger partial charge on any atom is -0.508 e. The van der Waals surface area contributed by atoms with Crippen molar-refractivity contribution in [1.29, 1.82) is 0 Å². The molecular formula is C29H24N2O5. The minimum absolute atomic E-state index is 0.202. The van der Waals surface area contributed by atoms with Gasteiger partial charge in [0.25, 0.3) is 5.91 Å². The van der Waals surface area contributed by atoms with Gasteiger partial charge in [-0.2, -0.15) is 0 Å². The number of hydrogen-bond acceptors (Lipinski definition) is 6. The van der Waals surface area contributed by atoms with E-state index in [1.807, 2.05) is 42.5 Å². The fourth-order valence-electron chi connectivity index (χ4n) is 4.42. The van der Waals surface area contributed by atoms with Gasteiger partial charge in [-0.1, -0.05) is 42.5 Å². The van der Waals surface area contributed by atoms with Crippen LogP contribution in [-0.4, -0.2) is 35.7 Å². The number of nitrogens with zero attached hydrogens (tertiary/aromatic N) is 1. The van der Waals surface area contributed by atoms with Crippen molar-refractivity contribution < 1.29 is 24.2 Å². The molecule has 0 radical (unpaired) electrons. The summed E-state index contributed by atoms with van der Waals surface area (Å²) < 4.78 is 10.7. The number of anilines is 1. The zero-order valence-corrected chi connectivity index (χ0v) is 19.7. The molecule has 4 aromatic rings. The first-order chi connectivity index (χ1) is 17.5. The van der Waals surface area contributed by atoms with E-state index >= 15 is 0 Å². The van der Waals surface area contributed by atoms with Gasteiger partial charge in [0, 0.05) is 5.39 Å². The monoisotopic (exact) mass is 480 g/mol. The Balaban J connectivity index is 1.42. The van der Waals surface area contributed by atoms with Crippen LogP contribution in [0.25, 0.3) is 22.6 Å². The number of phenols is 1. The quantitative estimate of drug-likeness (QED) is 0.367. The molecule has 0 bridgehead atoms. The highest BCUT2D eigenvalue weighted by molar-refractivity contribution is 6.08. The number of para-hydroxylation sites is 3. The number of ether oxygens (including phenoxy) is 2. The van der Waals surface area contributed by atoms with E-state index in [0.29, 0.717) is 40.7 Å². The van der Waals surface area contributed by atoms with Crippen LogP contribution in [0.3, 0.4) is 0 Å². The van der Waals surface area contributed by atoms with Crippen molar-refractivity contribution in [3.05, 3.63) is 95.2 Å². The van der Waals surface area contributed by atoms with E-state index in [1.165, 1.54) is 7.11 Å². The van der Waals surface area contributed by atoms with Crippen LogP contribution in [-0.2, 0) is 16.0 Å². The molecule has 1 amide bonds. The van der Waals surface area contributed by atoms with Gasteiger partial charge in [0.15, 0.2) is 6.61 Å². The molecule has 1 aliphatic carbocycles. The Hall–Kier alpha value is -4.65. The predicted octanol–water partition coefficient (Wildman–Crippen LogP) is 5.23. The fourth-order valence-corrected chi connectivity index (χ4v) is 4.42. The lowest BCUT2D eigenvalue weighted by Crippen LogP contribution is -2.22. The Labute approximate surface area is 208 Å². The topological polar surface area (TPSA) is 97.8 Å². The molecule has 0 spiro atoms. The molecular weight excluding hydrogens is 456 g/mol. The second-order valence-corrected chi connectivity index (χ2v) is 8.42. The van der Waals surface area contributed by atoms with Gasteiger partial charge in [-0.15, -0.1) is 0 Å². The average molecular weight is 481 g/mol. The maximum Gasteiger partial charge on any atom is 0.339 e. The minimum atomic E-state index is -0.564. The van der Waals surface area contributed by atoms with Crippen molar-refractivity contribution in [2.45, 2.75) is 12.8 Å². The van der Waals surface area contributed by atoms with Crippen LogP contribution in [0.1, 0.15) is 33.6 Å². The lowest BCUT2D eigenvalue weighted by atomic mass is 10.0. The predicted molar refractivity (Wildman–Crippen MR) is 138 cm³/mol. The number of aromatic nitrogens is 1. The van der Waals surface area contributed by atoms with Gasteiger partial charge >= 0.3 is 5.97 Å². The van der Waals surface area contributed by atoms with Gasteiger partial charge in [0.1, 0.15) is 11.5 Å². The first-order valence-corrected chi connectivity index (χ1v) is 11.5. The van der Waals surface area contributed by atoms with Gasteiger partial charge in [-0.05, 0) is 65.9 Å². The van der Waals surface area contributed by atoms with E-state index in [-0.39, 0.29) is 5.75 Å². The molecule has 2 N–H and O–H groups in total. The van der Waals surface area contributed by atoms with Crippen LogP contribution in [0, 0.1) is 0 Å². The number of phenolic OH excluding ortho intramolecular Hbond substituents is 1. The van der Waals surface area contributed by atoms with Crippen LogP contribution in [0.4, 0.5) is 5.69 Å². The van der Waals surface area contributed by atoms with E-state index in [1.54, 1.807) is 36.4 Å². The van der Waals surface area contributed by atoms with Crippen LogP contribution in [0.5, 0.6) is 11.5 Å². The molecule has 36 heavy (non-hydrogen) atoms. The van der Waals surface area contributed by atoms with Crippen molar-refractivity contribution in [2.75, 3.05) is 19.0 Å². The van der Waals surface area contributed by atoms with Gasteiger partial charge in [0.05, 0.1) is 29.6 Å². The molecule has 1 aromatic heterocycles. The smallest absolute Gasteiger partial charge is 0.339 e. The van der Waals surface area contributed by atoms with Crippen LogP contribution < -0.4 is 10.1 Å². The van der Waals surface area contributed by atoms with E-state index < -0.39 is 18.5 Å². The molecule has 0 atom stereocenters. The highest BCUT2D eigenvalue weighted by atomic mass is 16.5. The number of allylic oxidation sites excluding steroid dienone is 1. The third kappa shape index (κ3) is 4.63. The van der Waals surface area contributed by atoms with E-state index in [0.717, 1.165) is 22.4 Å². The zero-order chi connectivity index (χ0) is 25.1. The molecule has 7 nitrogen and oxygen atoms in total. The van der Waals surface area contributed by atoms with Crippen LogP contribution >= 0.6 is 0 Å². The van der Waals surface area contributed by atoms with E-state index in [2.05, 4.69) is 5.32 Å². The number of amides is 1. The van der Waals surface area contributed by atoms with Crippen molar-refractivity contribution in [3.8, 4) is 11.5 Å². The molecule has 0 aliphatic heterocycles. The number of methoxy groups -OCH3 is 1. The Morgan fingerprint density at radius 2 is 1.75 bits per heavy atom. The number of pyridine rings is 1. The third-order valence-electron chi connectivity index (χ3n) is 6.10. The summed E-state index contributed by atoms with van der Waals surface area (Å²) in [4.78, 5) is 30.7. The maximum atomic E-state index is 13.3. The lowest BCUT2D eigenvalue weighted by molar-refractivity contribution is -0.119. The van der Waals surface area contributed by atoms with Gasteiger partial charge in [-0.25, -0.2) is 9.78 Å².